The van der Waals surface area contributed by atoms with Crippen LogP contribution in [0.15, 0.2) is 4.52 Å². The number of thiazole rings is 1. The van der Waals surface area contributed by atoms with Gasteiger partial charge in [0, 0.05) is 16.8 Å². The van der Waals surface area contributed by atoms with Crippen LogP contribution in [0.1, 0.15) is 72.9 Å². The van der Waals surface area contributed by atoms with Crippen molar-refractivity contribution in [1.82, 2.24) is 20.0 Å². The van der Waals surface area contributed by atoms with Gasteiger partial charge in [-0.3, -0.25) is 4.90 Å². The lowest BCUT2D eigenvalue weighted by Gasteiger charge is -2.29. The molecule has 2 aromatic heterocycles. The van der Waals surface area contributed by atoms with Crippen molar-refractivity contribution >= 4 is 11.3 Å². The first-order valence-electron chi connectivity index (χ1n) is 8.09. The molecule has 0 unspecified atom stereocenters. The average molecular weight is 320 g/mol. The zero-order chi connectivity index (χ0) is 15.7. The number of hydrogen-bond acceptors (Lipinski definition) is 6. The highest BCUT2D eigenvalue weighted by molar-refractivity contribution is 7.11. The molecule has 0 aromatic carbocycles. The van der Waals surface area contributed by atoms with Gasteiger partial charge < -0.3 is 4.52 Å². The number of hydrogen-bond donors (Lipinski definition) is 0. The summed E-state index contributed by atoms with van der Waals surface area (Å²) in [4.78, 5) is 13.0. The third kappa shape index (κ3) is 3.08. The molecule has 1 atom stereocenters. The first kappa shape index (κ1) is 15.6. The quantitative estimate of drug-likeness (QED) is 0.840. The minimum absolute atomic E-state index is 0.279. The van der Waals surface area contributed by atoms with Crippen molar-refractivity contribution in [2.75, 3.05) is 7.05 Å². The average Bonchev–Trinajstić information content (AvgIpc) is 3.12. The van der Waals surface area contributed by atoms with E-state index in [1.165, 1.54) is 28.4 Å². The van der Waals surface area contributed by atoms with Crippen LogP contribution >= 0.6 is 11.3 Å². The number of rotatable bonds is 5. The summed E-state index contributed by atoms with van der Waals surface area (Å²) in [5.74, 6) is 1.78. The lowest BCUT2D eigenvalue weighted by Crippen LogP contribution is -2.27. The largest absolute Gasteiger partial charge is 0.339 e. The Kier molecular flexibility index (Phi) is 4.59. The van der Waals surface area contributed by atoms with Crippen LogP contribution in [0.4, 0.5) is 0 Å². The Labute approximate surface area is 135 Å². The molecule has 0 fully saturated rings. The van der Waals surface area contributed by atoms with Gasteiger partial charge >= 0.3 is 0 Å². The summed E-state index contributed by atoms with van der Waals surface area (Å²) in [6, 6.07) is 0.433. The molecule has 1 aliphatic rings. The van der Waals surface area contributed by atoms with Crippen molar-refractivity contribution in [3.05, 3.63) is 27.3 Å². The highest BCUT2D eigenvalue weighted by Gasteiger charge is 2.28. The van der Waals surface area contributed by atoms with Crippen LogP contribution in [0.2, 0.25) is 0 Å². The maximum atomic E-state index is 5.31. The molecule has 0 bridgehead atoms. The van der Waals surface area contributed by atoms with Crippen molar-refractivity contribution in [1.29, 1.82) is 0 Å². The van der Waals surface area contributed by atoms with Crippen LogP contribution in [0.3, 0.4) is 0 Å². The van der Waals surface area contributed by atoms with E-state index >= 15 is 0 Å². The zero-order valence-electron chi connectivity index (χ0n) is 13.8. The van der Waals surface area contributed by atoms with Gasteiger partial charge in [0.2, 0.25) is 5.89 Å². The molecule has 0 N–H and O–H groups in total. The number of nitrogens with zero attached hydrogens (tertiary/aromatic N) is 4. The molecular weight excluding hydrogens is 296 g/mol. The summed E-state index contributed by atoms with van der Waals surface area (Å²) < 4.78 is 5.31. The lowest BCUT2D eigenvalue weighted by molar-refractivity contribution is 0.208. The van der Waals surface area contributed by atoms with Gasteiger partial charge in [-0.15, -0.1) is 11.3 Å². The van der Waals surface area contributed by atoms with Crippen molar-refractivity contribution in [2.45, 2.75) is 65.0 Å². The summed E-state index contributed by atoms with van der Waals surface area (Å²) in [6.07, 6.45) is 4.54. The van der Waals surface area contributed by atoms with Crippen LogP contribution in [-0.2, 0) is 19.4 Å². The first-order chi connectivity index (χ1) is 10.6. The third-order valence-electron chi connectivity index (χ3n) is 4.17. The van der Waals surface area contributed by atoms with E-state index in [0.717, 1.165) is 31.1 Å². The minimum atomic E-state index is 0.279. The predicted octanol–water partition coefficient (Wildman–Crippen LogP) is 3.72. The van der Waals surface area contributed by atoms with E-state index in [2.05, 4.69) is 42.9 Å². The number of aromatic nitrogens is 3. The predicted molar refractivity (Wildman–Crippen MR) is 87.0 cm³/mol. The molecule has 0 radical (unpaired) electrons. The molecule has 0 aliphatic heterocycles. The van der Waals surface area contributed by atoms with E-state index < -0.39 is 0 Å². The second kappa shape index (κ2) is 6.46. The van der Waals surface area contributed by atoms with E-state index in [9.17, 15) is 0 Å². The topological polar surface area (TPSA) is 55.1 Å². The maximum Gasteiger partial charge on any atom is 0.229 e. The van der Waals surface area contributed by atoms with Crippen LogP contribution in [0.5, 0.6) is 0 Å². The van der Waals surface area contributed by atoms with E-state index in [-0.39, 0.29) is 5.92 Å². The molecule has 0 amide bonds. The van der Waals surface area contributed by atoms with Gasteiger partial charge in [-0.05, 0) is 32.7 Å². The monoisotopic (exact) mass is 320 g/mol. The Bertz CT molecular complexity index is 634. The van der Waals surface area contributed by atoms with Gasteiger partial charge in [-0.2, -0.15) is 4.98 Å². The van der Waals surface area contributed by atoms with Crippen LogP contribution in [-0.4, -0.2) is 27.1 Å². The summed E-state index contributed by atoms with van der Waals surface area (Å²) in [5, 5.41) is 5.37. The van der Waals surface area contributed by atoms with Gasteiger partial charge in [-0.1, -0.05) is 25.9 Å². The van der Waals surface area contributed by atoms with Crippen LogP contribution in [0, 0.1) is 0 Å². The fourth-order valence-electron chi connectivity index (χ4n) is 2.92. The van der Waals surface area contributed by atoms with Crippen molar-refractivity contribution in [3.63, 3.8) is 0 Å². The standard InChI is InChI=1S/C16H24N4OS/c1-5-14-17-11-7-6-8-12(15(11)22-14)20(4)9-13-18-16(10(2)3)21-19-13/h10,12H,5-9H2,1-4H3/t12-/m0/s1. The minimum Gasteiger partial charge on any atom is -0.339 e. The van der Waals surface area contributed by atoms with Gasteiger partial charge in [0.1, 0.15) is 0 Å². The SMILES string of the molecule is CCc1nc2c(s1)[C@@H](N(C)Cc1noc(C(C)C)n1)CCC2. The Morgan fingerprint density at radius 2 is 2.18 bits per heavy atom. The van der Waals surface area contributed by atoms with E-state index in [4.69, 9.17) is 9.51 Å². The Morgan fingerprint density at radius 1 is 1.36 bits per heavy atom. The molecule has 0 spiro atoms. The summed E-state index contributed by atoms with van der Waals surface area (Å²) in [6.45, 7) is 7.03. The molecule has 3 rings (SSSR count). The molecular formula is C16H24N4OS. The van der Waals surface area contributed by atoms with Crippen molar-refractivity contribution < 1.29 is 4.52 Å². The molecule has 1 aliphatic carbocycles. The lowest BCUT2D eigenvalue weighted by atomic mass is 9.97. The highest BCUT2D eigenvalue weighted by atomic mass is 32.1. The van der Waals surface area contributed by atoms with Crippen LogP contribution in [0.25, 0.3) is 0 Å². The smallest absolute Gasteiger partial charge is 0.229 e. The fourth-order valence-corrected chi connectivity index (χ4v) is 4.17. The van der Waals surface area contributed by atoms with E-state index in [0.29, 0.717) is 6.04 Å². The first-order valence-corrected chi connectivity index (χ1v) is 8.91. The summed E-state index contributed by atoms with van der Waals surface area (Å²) >= 11 is 1.88. The third-order valence-corrected chi connectivity index (χ3v) is 5.51. The maximum absolute atomic E-state index is 5.31. The Morgan fingerprint density at radius 3 is 2.86 bits per heavy atom. The molecule has 5 nitrogen and oxygen atoms in total. The summed E-state index contributed by atoms with van der Waals surface area (Å²) in [7, 11) is 2.15. The molecule has 0 saturated carbocycles. The Hall–Kier alpha value is -1.27. The normalized spacial score (nSPS) is 18.2. The summed E-state index contributed by atoms with van der Waals surface area (Å²) in [5.41, 5.74) is 1.31. The molecule has 2 aromatic rings. The molecule has 22 heavy (non-hydrogen) atoms. The molecule has 0 saturated heterocycles. The second-order valence-electron chi connectivity index (χ2n) is 6.30. The van der Waals surface area contributed by atoms with E-state index in [1.54, 1.807) is 0 Å². The zero-order valence-corrected chi connectivity index (χ0v) is 14.6. The molecule has 2 heterocycles. The van der Waals surface area contributed by atoms with Crippen LogP contribution < -0.4 is 0 Å². The molecule has 120 valence electrons. The van der Waals surface area contributed by atoms with Gasteiger partial charge in [0.15, 0.2) is 5.82 Å². The van der Waals surface area contributed by atoms with E-state index in [1.807, 2.05) is 11.3 Å². The second-order valence-corrected chi connectivity index (χ2v) is 7.41. The van der Waals surface area contributed by atoms with Gasteiger partial charge in [-0.25, -0.2) is 4.98 Å². The number of aryl methyl sites for hydroxylation is 2. The molecule has 6 heteroatoms. The van der Waals surface area contributed by atoms with Gasteiger partial charge in [0.05, 0.1) is 17.2 Å². The van der Waals surface area contributed by atoms with Crippen molar-refractivity contribution in [2.24, 2.45) is 0 Å². The van der Waals surface area contributed by atoms with Gasteiger partial charge in [0.25, 0.3) is 0 Å². The highest BCUT2D eigenvalue weighted by Crippen LogP contribution is 2.38. The van der Waals surface area contributed by atoms with Crippen molar-refractivity contribution in [3.8, 4) is 0 Å². The Balaban J connectivity index is 1.75. The fraction of sp³-hybridized carbons (Fsp3) is 0.688. The number of fused-ring (bicyclic) bond motifs is 1.